The zero-order chi connectivity index (χ0) is 15.3. The lowest BCUT2D eigenvalue weighted by Crippen LogP contribution is -2.27. The molecule has 1 rings (SSSR count). The highest BCUT2D eigenvalue weighted by Crippen LogP contribution is 2.23. The van der Waals surface area contributed by atoms with E-state index in [2.05, 4.69) is 4.72 Å². The molecule has 0 unspecified atom stereocenters. The number of benzene rings is 1. The maximum atomic E-state index is 13.9. The van der Waals surface area contributed by atoms with E-state index >= 15 is 0 Å². The van der Waals surface area contributed by atoms with Gasteiger partial charge in [-0.05, 0) is 18.6 Å². The minimum absolute atomic E-state index is 0.0323. The second-order valence-corrected chi connectivity index (χ2v) is 5.99. The first-order valence-corrected chi connectivity index (χ1v) is 7.36. The number of sulfonamides is 1. The third kappa shape index (κ3) is 4.14. The molecule has 0 bridgehead atoms. The summed E-state index contributed by atoms with van der Waals surface area (Å²) in [5, 5.41) is 8.62. The Kier molecular flexibility index (Phi) is 5.88. The molecule has 0 saturated heterocycles. The SMILES string of the molecule is COCCCNS(=O)(=O)c1cc(Cl)cc(C(=O)O)c1F. The molecule has 1 aromatic rings. The second-order valence-electron chi connectivity index (χ2n) is 3.81. The number of nitrogens with one attached hydrogen (secondary N) is 1. The lowest BCUT2D eigenvalue weighted by molar-refractivity contribution is 0.0691. The molecule has 20 heavy (non-hydrogen) atoms. The third-order valence-electron chi connectivity index (χ3n) is 2.34. The number of methoxy groups -OCH3 is 1. The molecular weight excluding hydrogens is 313 g/mol. The van der Waals surface area contributed by atoms with Crippen LogP contribution in [-0.4, -0.2) is 39.8 Å². The summed E-state index contributed by atoms with van der Waals surface area (Å²) in [4.78, 5) is 10.0. The van der Waals surface area contributed by atoms with E-state index in [1.54, 1.807) is 0 Å². The zero-order valence-electron chi connectivity index (χ0n) is 10.5. The van der Waals surface area contributed by atoms with Crippen molar-refractivity contribution in [2.45, 2.75) is 11.3 Å². The Morgan fingerprint density at radius 2 is 2.15 bits per heavy atom. The smallest absolute Gasteiger partial charge is 0.338 e. The van der Waals surface area contributed by atoms with Crippen molar-refractivity contribution in [1.29, 1.82) is 0 Å². The Balaban J connectivity index is 3.09. The summed E-state index contributed by atoms with van der Waals surface area (Å²) in [6.07, 6.45) is 0.393. The van der Waals surface area contributed by atoms with Gasteiger partial charge in [0, 0.05) is 25.3 Å². The summed E-state index contributed by atoms with van der Waals surface area (Å²) in [5.41, 5.74) is -0.797. The van der Waals surface area contributed by atoms with Crippen LogP contribution in [0.15, 0.2) is 17.0 Å². The van der Waals surface area contributed by atoms with E-state index in [9.17, 15) is 17.6 Å². The van der Waals surface area contributed by atoms with Gasteiger partial charge in [-0.15, -0.1) is 0 Å². The first kappa shape index (κ1) is 16.8. The molecule has 0 amide bonds. The highest BCUT2D eigenvalue weighted by Gasteiger charge is 2.24. The van der Waals surface area contributed by atoms with Crippen LogP contribution in [0.3, 0.4) is 0 Å². The lowest BCUT2D eigenvalue weighted by Gasteiger charge is -2.09. The van der Waals surface area contributed by atoms with Crippen LogP contribution in [0.5, 0.6) is 0 Å². The standard InChI is InChI=1S/C11H13ClFNO5S/c1-19-4-2-3-14-20(17,18)9-6-7(12)5-8(10(9)13)11(15)16/h5-6,14H,2-4H2,1H3,(H,15,16). The van der Waals surface area contributed by atoms with Crippen molar-refractivity contribution in [1.82, 2.24) is 4.72 Å². The van der Waals surface area contributed by atoms with E-state index in [1.165, 1.54) is 7.11 Å². The van der Waals surface area contributed by atoms with Crippen LogP contribution >= 0.6 is 11.6 Å². The van der Waals surface area contributed by atoms with Crippen LogP contribution in [0.4, 0.5) is 4.39 Å². The number of ether oxygens (including phenoxy) is 1. The van der Waals surface area contributed by atoms with Gasteiger partial charge in [0.15, 0.2) is 5.82 Å². The number of hydrogen-bond donors (Lipinski definition) is 2. The molecule has 112 valence electrons. The van der Waals surface area contributed by atoms with E-state index in [0.29, 0.717) is 13.0 Å². The van der Waals surface area contributed by atoms with Crippen molar-refractivity contribution in [3.05, 3.63) is 28.5 Å². The summed E-state index contributed by atoms with van der Waals surface area (Å²) < 4.78 is 44.6. The summed E-state index contributed by atoms with van der Waals surface area (Å²) >= 11 is 5.61. The molecular formula is C11H13ClFNO5S. The predicted octanol–water partition coefficient (Wildman–Crippen LogP) is 1.49. The molecule has 9 heteroatoms. The summed E-state index contributed by atoms with van der Waals surface area (Å²) in [6.45, 7) is 0.367. The minimum Gasteiger partial charge on any atom is -0.478 e. The van der Waals surface area contributed by atoms with Gasteiger partial charge in [-0.1, -0.05) is 11.6 Å². The maximum absolute atomic E-state index is 13.9. The van der Waals surface area contributed by atoms with E-state index in [1.807, 2.05) is 0 Å². The van der Waals surface area contributed by atoms with Crippen LogP contribution < -0.4 is 4.72 Å². The highest BCUT2D eigenvalue weighted by atomic mass is 35.5. The van der Waals surface area contributed by atoms with Gasteiger partial charge in [0.1, 0.15) is 4.90 Å². The van der Waals surface area contributed by atoms with Gasteiger partial charge in [0.2, 0.25) is 10.0 Å². The zero-order valence-corrected chi connectivity index (χ0v) is 12.1. The minimum atomic E-state index is -4.18. The third-order valence-corrected chi connectivity index (χ3v) is 4.02. The molecule has 0 spiro atoms. The van der Waals surface area contributed by atoms with Gasteiger partial charge < -0.3 is 9.84 Å². The van der Waals surface area contributed by atoms with Crippen LogP contribution in [-0.2, 0) is 14.8 Å². The van der Waals surface area contributed by atoms with E-state index in [-0.39, 0.29) is 11.6 Å². The molecule has 2 N–H and O–H groups in total. The molecule has 0 aliphatic carbocycles. The number of aromatic carboxylic acids is 1. The first-order valence-electron chi connectivity index (χ1n) is 5.50. The summed E-state index contributed by atoms with van der Waals surface area (Å²) in [6, 6.07) is 1.71. The van der Waals surface area contributed by atoms with Crippen molar-refractivity contribution >= 4 is 27.6 Å². The molecule has 0 aliphatic rings. The Hall–Kier alpha value is -1.22. The fourth-order valence-corrected chi connectivity index (χ4v) is 2.90. The number of carboxylic acid groups (broad SMARTS) is 1. The average molecular weight is 326 g/mol. The highest BCUT2D eigenvalue weighted by molar-refractivity contribution is 7.89. The largest absolute Gasteiger partial charge is 0.478 e. The van der Waals surface area contributed by atoms with Crippen molar-refractivity contribution in [3.8, 4) is 0 Å². The monoisotopic (exact) mass is 325 g/mol. The van der Waals surface area contributed by atoms with E-state index < -0.39 is 32.3 Å². The first-order chi connectivity index (χ1) is 9.29. The second kappa shape index (κ2) is 6.98. The maximum Gasteiger partial charge on any atom is 0.338 e. The Labute approximate surface area is 120 Å². The van der Waals surface area contributed by atoms with Crippen molar-refractivity contribution < 1.29 is 27.4 Å². The molecule has 0 fully saturated rings. The van der Waals surface area contributed by atoms with Crippen LogP contribution in [0, 0.1) is 5.82 Å². The Bertz CT molecular complexity index is 605. The quantitative estimate of drug-likeness (QED) is 0.741. The van der Waals surface area contributed by atoms with Crippen LogP contribution in [0.2, 0.25) is 5.02 Å². The number of carbonyl (C=O) groups is 1. The molecule has 0 radical (unpaired) electrons. The van der Waals surface area contributed by atoms with Gasteiger partial charge in [0.05, 0.1) is 5.56 Å². The predicted molar refractivity (Wildman–Crippen MR) is 70.1 cm³/mol. The molecule has 0 saturated carbocycles. The average Bonchev–Trinajstić information content (AvgIpc) is 2.36. The lowest BCUT2D eigenvalue weighted by atomic mass is 10.2. The molecule has 0 atom stereocenters. The van der Waals surface area contributed by atoms with Gasteiger partial charge in [0.25, 0.3) is 0 Å². The van der Waals surface area contributed by atoms with E-state index in [0.717, 1.165) is 12.1 Å². The number of rotatable bonds is 7. The fourth-order valence-electron chi connectivity index (χ4n) is 1.42. The van der Waals surface area contributed by atoms with Gasteiger partial charge in [-0.3, -0.25) is 0 Å². The molecule has 0 heterocycles. The number of hydrogen-bond acceptors (Lipinski definition) is 4. The summed E-state index contributed by atoms with van der Waals surface area (Å²) in [7, 11) is -2.72. The summed E-state index contributed by atoms with van der Waals surface area (Å²) in [5.74, 6) is -2.94. The molecule has 6 nitrogen and oxygen atoms in total. The molecule has 1 aromatic carbocycles. The van der Waals surface area contributed by atoms with Gasteiger partial charge in [-0.25, -0.2) is 22.3 Å². The van der Waals surface area contributed by atoms with Crippen LogP contribution in [0.1, 0.15) is 16.8 Å². The normalized spacial score (nSPS) is 11.6. The fraction of sp³-hybridized carbons (Fsp3) is 0.364. The van der Waals surface area contributed by atoms with E-state index in [4.69, 9.17) is 21.4 Å². The molecule has 0 aliphatic heterocycles. The van der Waals surface area contributed by atoms with Crippen LogP contribution in [0.25, 0.3) is 0 Å². The van der Waals surface area contributed by atoms with Crippen molar-refractivity contribution in [2.24, 2.45) is 0 Å². The van der Waals surface area contributed by atoms with Gasteiger partial charge >= 0.3 is 5.97 Å². The molecule has 0 aromatic heterocycles. The Morgan fingerprint density at radius 1 is 1.50 bits per heavy atom. The topological polar surface area (TPSA) is 92.7 Å². The van der Waals surface area contributed by atoms with Crippen molar-refractivity contribution in [3.63, 3.8) is 0 Å². The number of carboxylic acids is 1. The number of halogens is 2. The Morgan fingerprint density at radius 3 is 2.70 bits per heavy atom. The van der Waals surface area contributed by atoms with Crippen molar-refractivity contribution in [2.75, 3.05) is 20.3 Å². The van der Waals surface area contributed by atoms with Gasteiger partial charge in [-0.2, -0.15) is 0 Å².